The maximum atomic E-state index is 13.6. The second kappa shape index (κ2) is 6.52. The van der Waals surface area contributed by atoms with Gasteiger partial charge in [-0.2, -0.15) is 0 Å². The lowest BCUT2D eigenvalue weighted by atomic mass is 10.1. The number of carbonyl (C=O) groups is 1. The highest BCUT2D eigenvalue weighted by Gasteiger charge is 2.14. The molecule has 1 heterocycles. The summed E-state index contributed by atoms with van der Waals surface area (Å²) >= 11 is 0. The molecule has 1 fully saturated rings. The fourth-order valence-corrected chi connectivity index (χ4v) is 2.40. The van der Waals surface area contributed by atoms with E-state index in [9.17, 15) is 9.18 Å². The average molecular weight is 266 g/mol. The first-order valence-electron chi connectivity index (χ1n) is 6.66. The molecular formula is C14H19FN2O2. The fourth-order valence-electron chi connectivity index (χ4n) is 2.40. The van der Waals surface area contributed by atoms with Gasteiger partial charge in [0.15, 0.2) is 0 Å². The maximum absolute atomic E-state index is 13.6. The van der Waals surface area contributed by atoms with Crippen LogP contribution in [0.3, 0.4) is 0 Å². The normalized spacial score (nSPS) is 16.3. The number of hydrogen-bond donors (Lipinski definition) is 2. The van der Waals surface area contributed by atoms with Gasteiger partial charge in [-0.15, -0.1) is 0 Å². The fraction of sp³-hybridized carbons (Fsp3) is 0.500. The molecule has 0 unspecified atom stereocenters. The minimum absolute atomic E-state index is 0.0151. The highest BCUT2D eigenvalue weighted by molar-refractivity contribution is 5.94. The number of halogens is 1. The van der Waals surface area contributed by atoms with Crippen LogP contribution in [0.4, 0.5) is 10.1 Å². The lowest BCUT2D eigenvalue weighted by Gasteiger charge is -2.26. The van der Waals surface area contributed by atoms with Crippen molar-refractivity contribution in [2.45, 2.75) is 19.3 Å². The Morgan fingerprint density at radius 3 is 2.74 bits per heavy atom. The van der Waals surface area contributed by atoms with Crippen molar-refractivity contribution in [3.8, 4) is 0 Å². The van der Waals surface area contributed by atoms with Gasteiger partial charge in [-0.1, -0.05) is 12.5 Å². The molecule has 4 nitrogen and oxygen atoms in total. The number of anilines is 1. The summed E-state index contributed by atoms with van der Waals surface area (Å²) < 4.78 is 13.6. The van der Waals surface area contributed by atoms with E-state index in [1.807, 2.05) is 0 Å². The van der Waals surface area contributed by atoms with Crippen molar-refractivity contribution >= 4 is 11.7 Å². The van der Waals surface area contributed by atoms with Crippen molar-refractivity contribution in [1.82, 2.24) is 4.90 Å². The van der Waals surface area contributed by atoms with E-state index in [0.717, 1.165) is 19.6 Å². The average Bonchev–Trinajstić information content (AvgIpc) is 2.41. The standard InChI is InChI=1S/C14H19FN2O2/c15-12-6-4-5-11(14(18)19)13(12)16-7-10-17-8-2-1-3-9-17/h4-6,16H,1-3,7-10H2,(H,18,19). The topological polar surface area (TPSA) is 52.6 Å². The van der Waals surface area contributed by atoms with E-state index in [2.05, 4.69) is 10.2 Å². The molecule has 19 heavy (non-hydrogen) atoms. The number of piperidine rings is 1. The highest BCUT2D eigenvalue weighted by atomic mass is 19.1. The predicted molar refractivity (Wildman–Crippen MR) is 72.1 cm³/mol. The smallest absolute Gasteiger partial charge is 0.337 e. The Hall–Kier alpha value is -1.62. The molecule has 104 valence electrons. The molecule has 5 heteroatoms. The number of carboxylic acid groups (broad SMARTS) is 1. The van der Waals surface area contributed by atoms with Crippen LogP contribution in [0, 0.1) is 5.82 Å². The lowest BCUT2D eigenvalue weighted by molar-refractivity contribution is 0.0697. The van der Waals surface area contributed by atoms with E-state index in [1.165, 1.54) is 37.5 Å². The second-order valence-corrected chi connectivity index (χ2v) is 4.80. The third kappa shape index (κ3) is 3.67. The van der Waals surface area contributed by atoms with Crippen LogP contribution >= 0.6 is 0 Å². The van der Waals surface area contributed by atoms with E-state index in [0.29, 0.717) is 6.54 Å². The number of para-hydroxylation sites is 1. The third-order valence-electron chi connectivity index (χ3n) is 3.42. The molecule has 2 N–H and O–H groups in total. The maximum Gasteiger partial charge on any atom is 0.337 e. The first kappa shape index (κ1) is 13.8. The van der Waals surface area contributed by atoms with E-state index in [1.54, 1.807) is 0 Å². The predicted octanol–water partition coefficient (Wildman–Crippen LogP) is 2.42. The molecule has 1 saturated heterocycles. The Kier molecular flexibility index (Phi) is 4.74. The zero-order valence-corrected chi connectivity index (χ0v) is 10.9. The third-order valence-corrected chi connectivity index (χ3v) is 3.42. The van der Waals surface area contributed by atoms with E-state index >= 15 is 0 Å². The highest BCUT2D eigenvalue weighted by Crippen LogP contribution is 2.19. The molecular weight excluding hydrogens is 247 g/mol. The van der Waals surface area contributed by atoms with Crippen molar-refractivity contribution in [3.63, 3.8) is 0 Å². The molecule has 0 bridgehead atoms. The summed E-state index contributed by atoms with van der Waals surface area (Å²) in [6.07, 6.45) is 3.69. The van der Waals surface area contributed by atoms with Crippen molar-refractivity contribution in [2.24, 2.45) is 0 Å². The van der Waals surface area contributed by atoms with Crippen molar-refractivity contribution in [3.05, 3.63) is 29.6 Å². The Balaban J connectivity index is 1.93. The summed E-state index contributed by atoms with van der Waals surface area (Å²) in [7, 11) is 0. The van der Waals surface area contributed by atoms with Crippen LogP contribution in [0.25, 0.3) is 0 Å². The Labute approximate surface area is 112 Å². The van der Waals surface area contributed by atoms with Crippen LogP contribution in [0.1, 0.15) is 29.6 Å². The number of nitrogens with one attached hydrogen (secondary N) is 1. The van der Waals surface area contributed by atoms with Crippen LogP contribution in [0.15, 0.2) is 18.2 Å². The number of aromatic carboxylic acids is 1. The van der Waals surface area contributed by atoms with Gasteiger partial charge in [-0.25, -0.2) is 9.18 Å². The zero-order valence-electron chi connectivity index (χ0n) is 10.9. The van der Waals surface area contributed by atoms with E-state index in [4.69, 9.17) is 5.11 Å². The van der Waals surface area contributed by atoms with Gasteiger partial charge in [-0.05, 0) is 38.1 Å². The van der Waals surface area contributed by atoms with Crippen LogP contribution < -0.4 is 5.32 Å². The van der Waals surface area contributed by atoms with Crippen LogP contribution in [-0.4, -0.2) is 42.2 Å². The van der Waals surface area contributed by atoms with Gasteiger partial charge in [0.25, 0.3) is 0 Å². The number of hydrogen-bond acceptors (Lipinski definition) is 3. The molecule has 1 aromatic carbocycles. The minimum atomic E-state index is -1.11. The van der Waals surface area contributed by atoms with Crippen LogP contribution in [-0.2, 0) is 0 Å². The summed E-state index contributed by atoms with van der Waals surface area (Å²) in [4.78, 5) is 13.3. The summed E-state index contributed by atoms with van der Waals surface area (Å²) in [5.41, 5.74) is 0.0747. The molecule has 1 aliphatic rings. The number of benzene rings is 1. The van der Waals surface area contributed by atoms with Crippen LogP contribution in [0.2, 0.25) is 0 Å². The van der Waals surface area contributed by atoms with Gasteiger partial charge in [0, 0.05) is 13.1 Å². The second-order valence-electron chi connectivity index (χ2n) is 4.80. The Morgan fingerprint density at radius 1 is 1.32 bits per heavy atom. The summed E-state index contributed by atoms with van der Waals surface area (Å²) in [5, 5.41) is 11.9. The first-order chi connectivity index (χ1) is 9.18. The van der Waals surface area contributed by atoms with Crippen molar-refractivity contribution in [1.29, 1.82) is 0 Å². The van der Waals surface area contributed by atoms with Gasteiger partial charge >= 0.3 is 5.97 Å². The largest absolute Gasteiger partial charge is 0.478 e. The quantitative estimate of drug-likeness (QED) is 0.859. The molecule has 2 rings (SSSR count). The van der Waals surface area contributed by atoms with Crippen molar-refractivity contribution in [2.75, 3.05) is 31.5 Å². The van der Waals surface area contributed by atoms with Gasteiger partial charge in [0.05, 0.1) is 11.3 Å². The number of rotatable bonds is 5. The summed E-state index contributed by atoms with van der Waals surface area (Å²) in [5.74, 6) is -1.63. The SMILES string of the molecule is O=C(O)c1cccc(F)c1NCCN1CCCCC1. The summed E-state index contributed by atoms with van der Waals surface area (Å²) in [6.45, 7) is 3.52. The van der Waals surface area contributed by atoms with Crippen molar-refractivity contribution < 1.29 is 14.3 Å². The number of likely N-dealkylation sites (tertiary alicyclic amines) is 1. The minimum Gasteiger partial charge on any atom is -0.478 e. The first-order valence-corrected chi connectivity index (χ1v) is 6.66. The van der Waals surface area contributed by atoms with E-state index in [-0.39, 0.29) is 11.3 Å². The monoisotopic (exact) mass is 266 g/mol. The number of carboxylic acids is 1. The molecule has 0 amide bonds. The molecule has 0 atom stereocenters. The zero-order chi connectivity index (χ0) is 13.7. The Bertz CT molecular complexity index is 445. The molecule has 0 aromatic heterocycles. The van der Waals surface area contributed by atoms with Gasteiger partial charge in [0.1, 0.15) is 5.82 Å². The summed E-state index contributed by atoms with van der Waals surface area (Å²) in [6, 6.07) is 4.10. The molecule has 0 spiro atoms. The van der Waals surface area contributed by atoms with Gasteiger partial charge in [-0.3, -0.25) is 0 Å². The van der Waals surface area contributed by atoms with E-state index < -0.39 is 11.8 Å². The van der Waals surface area contributed by atoms with Gasteiger partial charge < -0.3 is 15.3 Å². The molecule has 0 saturated carbocycles. The Morgan fingerprint density at radius 2 is 2.05 bits per heavy atom. The lowest BCUT2D eigenvalue weighted by Crippen LogP contribution is -2.34. The number of nitrogens with zero attached hydrogens (tertiary/aromatic N) is 1. The van der Waals surface area contributed by atoms with Gasteiger partial charge in [0.2, 0.25) is 0 Å². The molecule has 0 radical (unpaired) electrons. The molecule has 1 aliphatic heterocycles. The molecule has 1 aromatic rings. The van der Waals surface area contributed by atoms with Crippen LogP contribution in [0.5, 0.6) is 0 Å². The molecule has 0 aliphatic carbocycles.